The Kier molecular flexibility index (Phi) is 5.45. The molecule has 1 fully saturated rings. The fourth-order valence-electron chi connectivity index (χ4n) is 2.97. The summed E-state index contributed by atoms with van der Waals surface area (Å²) >= 11 is 15.9. The van der Waals surface area contributed by atoms with Crippen LogP contribution in [0.4, 0.5) is 5.69 Å². The van der Waals surface area contributed by atoms with E-state index in [2.05, 4.69) is 35.1 Å². The van der Waals surface area contributed by atoms with E-state index in [1.807, 2.05) is 12.1 Å². The molecule has 1 nitrogen and oxygen atoms in total. The Labute approximate surface area is 134 Å². The molecule has 106 valence electrons. The van der Waals surface area contributed by atoms with E-state index in [0.717, 1.165) is 10.2 Å². The van der Waals surface area contributed by atoms with Gasteiger partial charge in [0.25, 0.3) is 0 Å². The van der Waals surface area contributed by atoms with Crippen LogP contribution in [0.15, 0.2) is 16.6 Å². The molecule has 0 heterocycles. The van der Waals surface area contributed by atoms with Crippen LogP contribution in [0, 0.1) is 11.8 Å². The second kappa shape index (κ2) is 6.69. The maximum Gasteiger partial charge on any atom is 0.0835 e. The van der Waals surface area contributed by atoms with Crippen LogP contribution in [0.25, 0.3) is 0 Å². The standard InChI is InChI=1S/C15H20BrCl2N/c1-9(2)10-5-3-4-6-12(10)19-13-8-7-11(16)14(17)15(13)18/h7-10,12,19H,3-6H2,1-2H3. The third kappa shape index (κ3) is 3.59. The van der Waals surface area contributed by atoms with Crippen LogP contribution in [0.3, 0.4) is 0 Å². The quantitative estimate of drug-likeness (QED) is 0.613. The first-order valence-electron chi connectivity index (χ1n) is 6.90. The Morgan fingerprint density at radius 3 is 2.53 bits per heavy atom. The molecule has 1 aliphatic rings. The van der Waals surface area contributed by atoms with Gasteiger partial charge in [-0.3, -0.25) is 0 Å². The van der Waals surface area contributed by atoms with Crippen molar-refractivity contribution in [2.75, 3.05) is 5.32 Å². The molecule has 2 rings (SSSR count). The molecule has 0 aliphatic heterocycles. The average Bonchev–Trinajstić information content (AvgIpc) is 2.40. The number of halogens is 3. The number of anilines is 1. The molecule has 1 saturated carbocycles. The predicted octanol–water partition coefficient (Wildman–Crippen LogP) is 6.38. The smallest absolute Gasteiger partial charge is 0.0835 e. The molecule has 1 aliphatic carbocycles. The lowest BCUT2D eigenvalue weighted by Gasteiger charge is -2.35. The summed E-state index contributed by atoms with van der Waals surface area (Å²) in [5.41, 5.74) is 0.951. The van der Waals surface area contributed by atoms with Crippen LogP contribution in [-0.4, -0.2) is 6.04 Å². The van der Waals surface area contributed by atoms with Gasteiger partial charge in [-0.05, 0) is 52.7 Å². The second-order valence-electron chi connectivity index (χ2n) is 5.67. The van der Waals surface area contributed by atoms with E-state index in [0.29, 0.717) is 27.9 Å². The van der Waals surface area contributed by atoms with Crippen molar-refractivity contribution in [2.24, 2.45) is 11.8 Å². The van der Waals surface area contributed by atoms with E-state index in [1.54, 1.807) is 0 Å². The van der Waals surface area contributed by atoms with Crippen LogP contribution in [0.1, 0.15) is 39.5 Å². The van der Waals surface area contributed by atoms with E-state index < -0.39 is 0 Å². The van der Waals surface area contributed by atoms with Crippen molar-refractivity contribution in [3.8, 4) is 0 Å². The zero-order valence-electron chi connectivity index (χ0n) is 11.3. The van der Waals surface area contributed by atoms with Gasteiger partial charge < -0.3 is 5.32 Å². The monoisotopic (exact) mass is 363 g/mol. The molecule has 4 heteroatoms. The summed E-state index contributed by atoms with van der Waals surface area (Å²) in [7, 11) is 0. The third-order valence-corrected chi connectivity index (χ3v) is 5.82. The Morgan fingerprint density at radius 1 is 1.16 bits per heavy atom. The first kappa shape index (κ1) is 15.5. The fraction of sp³-hybridized carbons (Fsp3) is 0.600. The zero-order valence-corrected chi connectivity index (χ0v) is 14.4. The van der Waals surface area contributed by atoms with E-state index in [4.69, 9.17) is 23.2 Å². The SMILES string of the molecule is CC(C)C1CCCCC1Nc1ccc(Br)c(Cl)c1Cl. The molecule has 0 aromatic heterocycles. The summed E-state index contributed by atoms with van der Waals surface area (Å²) in [5.74, 6) is 1.41. The number of nitrogens with one attached hydrogen (secondary N) is 1. The van der Waals surface area contributed by atoms with Gasteiger partial charge >= 0.3 is 0 Å². The van der Waals surface area contributed by atoms with E-state index in [-0.39, 0.29) is 0 Å². The van der Waals surface area contributed by atoms with Crippen molar-refractivity contribution in [3.63, 3.8) is 0 Å². The minimum absolute atomic E-state index is 0.503. The molecule has 0 bridgehead atoms. The molecular formula is C15H20BrCl2N. The largest absolute Gasteiger partial charge is 0.381 e. The Balaban J connectivity index is 2.17. The molecule has 2 atom stereocenters. The molecular weight excluding hydrogens is 345 g/mol. The van der Waals surface area contributed by atoms with Crippen LogP contribution < -0.4 is 5.32 Å². The Hall–Kier alpha value is 0.0800. The molecule has 0 spiro atoms. The Bertz CT molecular complexity index is 448. The second-order valence-corrected chi connectivity index (χ2v) is 7.28. The molecule has 1 aromatic rings. The topological polar surface area (TPSA) is 12.0 Å². The lowest BCUT2D eigenvalue weighted by atomic mass is 9.78. The summed E-state index contributed by atoms with van der Waals surface area (Å²) < 4.78 is 0.841. The van der Waals surface area contributed by atoms with Crippen molar-refractivity contribution in [1.82, 2.24) is 0 Å². The summed E-state index contributed by atoms with van der Waals surface area (Å²) in [6.07, 6.45) is 5.16. The van der Waals surface area contributed by atoms with E-state index in [1.165, 1.54) is 25.7 Å². The van der Waals surface area contributed by atoms with Gasteiger partial charge in [0.05, 0.1) is 15.7 Å². The van der Waals surface area contributed by atoms with E-state index >= 15 is 0 Å². The zero-order chi connectivity index (χ0) is 14.0. The highest BCUT2D eigenvalue weighted by Crippen LogP contribution is 2.38. The van der Waals surface area contributed by atoms with Gasteiger partial charge in [0, 0.05) is 10.5 Å². The lowest BCUT2D eigenvalue weighted by molar-refractivity contribution is 0.254. The molecule has 0 saturated heterocycles. The van der Waals surface area contributed by atoms with E-state index in [9.17, 15) is 0 Å². The van der Waals surface area contributed by atoms with Crippen molar-refractivity contribution >= 4 is 44.8 Å². The molecule has 1 N–H and O–H groups in total. The van der Waals surface area contributed by atoms with Crippen molar-refractivity contribution < 1.29 is 0 Å². The van der Waals surface area contributed by atoms with Crippen molar-refractivity contribution in [3.05, 3.63) is 26.7 Å². The van der Waals surface area contributed by atoms with Crippen LogP contribution in [-0.2, 0) is 0 Å². The van der Waals surface area contributed by atoms with Gasteiger partial charge in [-0.2, -0.15) is 0 Å². The number of hydrogen-bond donors (Lipinski definition) is 1. The predicted molar refractivity (Wildman–Crippen MR) is 88.4 cm³/mol. The summed E-state index contributed by atoms with van der Waals surface area (Å²) in [5, 5.41) is 4.81. The first-order chi connectivity index (χ1) is 9.00. The third-order valence-electron chi connectivity index (χ3n) is 4.05. The summed E-state index contributed by atoms with van der Waals surface area (Å²) in [6, 6.07) is 4.46. The molecule has 2 unspecified atom stereocenters. The van der Waals surface area contributed by atoms with Crippen LogP contribution >= 0.6 is 39.1 Å². The minimum Gasteiger partial charge on any atom is -0.381 e. The summed E-state index contributed by atoms with van der Waals surface area (Å²) in [6.45, 7) is 4.61. The van der Waals surface area contributed by atoms with Gasteiger partial charge in [-0.25, -0.2) is 0 Å². The minimum atomic E-state index is 0.503. The van der Waals surface area contributed by atoms with Crippen LogP contribution in [0.5, 0.6) is 0 Å². The molecule has 0 amide bonds. The fourth-order valence-corrected chi connectivity index (χ4v) is 3.80. The number of hydrogen-bond acceptors (Lipinski definition) is 1. The van der Waals surface area contributed by atoms with Crippen molar-refractivity contribution in [1.29, 1.82) is 0 Å². The van der Waals surface area contributed by atoms with Crippen molar-refractivity contribution in [2.45, 2.75) is 45.6 Å². The number of benzene rings is 1. The molecule has 19 heavy (non-hydrogen) atoms. The first-order valence-corrected chi connectivity index (χ1v) is 8.45. The average molecular weight is 365 g/mol. The normalized spacial score (nSPS) is 23.7. The molecule has 0 radical (unpaired) electrons. The van der Waals surface area contributed by atoms with Gasteiger partial charge in [-0.1, -0.05) is 49.9 Å². The van der Waals surface area contributed by atoms with Gasteiger partial charge in [0.2, 0.25) is 0 Å². The van der Waals surface area contributed by atoms with Gasteiger partial charge in [0.15, 0.2) is 0 Å². The highest BCUT2D eigenvalue weighted by Gasteiger charge is 2.28. The maximum atomic E-state index is 6.32. The maximum absolute atomic E-state index is 6.32. The van der Waals surface area contributed by atoms with Crippen LogP contribution in [0.2, 0.25) is 10.0 Å². The molecule has 1 aromatic carbocycles. The highest BCUT2D eigenvalue weighted by molar-refractivity contribution is 9.10. The summed E-state index contributed by atoms with van der Waals surface area (Å²) in [4.78, 5) is 0. The highest BCUT2D eigenvalue weighted by atomic mass is 79.9. The van der Waals surface area contributed by atoms with Gasteiger partial charge in [0.1, 0.15) is 0 Å². The number of rotatable bonds is 3. The lowest BCUT2D eigenvalue weighted by Crippen LogP contribution is -2.35. The van der Waals surface area contributed by atoms with Gasteiger partial charge in [-0.15, -0.1) is 0 Å². The Morgan fingerprint density at radius 2 is 1.84 bits per heavy atom.